The fraction of sp³-hybridized carbons (Fsp3) is 0.400. The van der Waals surface area contributed by atoms with E-state index in [-0.39, 0.29) is 0 Å². The van der Waals surface area contributed by atoms with Crippen LogP contribution in [0, 0.1) is 0 Å². The zero-order valence-corrected chi connectivity index (χ0v) is 10.1. The van der Waals surface area contributed by atoms with Gasteiger partial charge in [0.1, 0.15) is 5.82 Å². The maximum atomic E-state index is 4.77. The van der Waals surface area contributed by atoms with Gasteiger partial charge in [-0.05, 0) is 31.0 Å². The molecule has 1 aliphatic heterocycles. The normalized spacial score (nSPS) is 17.1. The average Bonchev–Trinajstić information content (AvgIpc) is 2.67. The van der Waals surface area contributed by atoms with Crippen molar-refractivity contribution in [2.24, 2.45) is 0 Å². The molecule has 1 aromatic heterocycles. The molecule has 0 bridgehead atoms. The number of nitrogens with zero attached hydrogens (tertiary/aromatic N) is 2. The predicted molar refractivity (Wildman–Crippen MR) is 72.4 cm³/mol. The Kier molecular flexibility index (Phi) is 2.95. The first-order valence-electron chi connectivity index (χ1n) is 6.54. The van der Waals surface area contributed by atoms with Gasteiger partial charge >= 0.3 is 0 Å². The molecule has 2 nitrogen and oxygen atoms in total. The van der Waals surface area contributed by atoms with Crippen molar-refractivity contribution in [2.45, 2.75) is 25.7 Å². The molecule has 0 amide bonds. The highest BCUT2D eigenvalue weighted by molar-refractivity contribution is 5.80. The van der Waals surface area contributed by atoms with E-state index in [1.165, 1.54) is 31.1 Å². The lowest BCUT2D eigenvalue weighted by molar-refractivity contribution is 0.726. The second-order valence-corrected chi connectivity index (χ2v) is 4.76. The quantitative estimate of drug-likeness (QED) is 0.738. The molecule has 2 aromatic rings. The van der Waals surface area contributed by atoms with E-state index in [9.17, 15) is 0 Å². The Morgan fingerprint density at radius 2 is 1.59 bits per heavy atom. The van der Waals surface area contributed by atoms with Crippen LogP contribution in [0.5, 0.6) is 0 Å². The van der Waals surface area contributed by atoms with Crippen LogP contribution in [0.2, 0.25) is 0 Å². The number of para-hydroxylation sites is 1. The minimum Gasteiger partial charge on any atom is -0.357 e. The van der Waals surface area contributed by atoms with Crippen LogP contribution >= 0.6 is 0 Å². The van der Waals surface area contributed by atoms with Crippen LogP contribution in [0.4, 0.5) is 5.82 Å². The number of aromatic nitrogens is 1. The van der Waals surface area contributed by atoms with E-state index in [0.717, 1.165) is 24.4 Å². The monoisotopic (exact) mass is 226 g/mol. The third-order valence-electron chi connectivity index (χ3n) is 3.51. The van der Waals surface area contributed by atoms with Gasteiger partial charge in [-0.15, -0.1) is 0 Å². The maximum absolute atomic E-state index is 4.77. The smallest absolute Gasteiger partial charge is 0.129 e. The van der Waals surface area contributed by atoms with Crippen molar-refractivity contribution in [2.75, 3.05) is 18.0 Å². The lowest BCUT2D eigenvalue weighted by Crippen LogP contribution is -2.24. The highest BCUT2D eigenvalue weighted by Crippen LogP contribution is 2.20. The van der Waals surface area contributed by atoms with Gasteiger partial charge in [-0.1, -0.05) is 31.0 Å². The summed E-state index contributed by atoms with van der Waals surface area (Å²) in [6, 6.07) is 12.7. The number of benzene rings is 1. The summed E-state index contributed by atoms with van der Waals surface area (Å²) in [5, 5.41) is 1.23. The second kappa shape index (κ2) is 4.74. The first-order valence-corrected chi connectivity index (χ1v) is 6.54. The Morgan fingerprint density at radius 1 is 0.824 bits per heavy atom. The van der Waals surface area contributed by atoms with Crippen molar-refractivity contribution in [3.63, 3.8) is 0 Å². The van der Waals surface area contributed by atoms with Gasteiger partial charge in [0.2, 0.25) is 0 Å². The molecule has 2 heteroatoms. The summed E-state index contributed by atoms with van der Waals surface area (Å²) in [6.45, 7) is 2.32. The molecule has 0 unspecified atom stereocenters. The predicted octanol–water partition coefficient (Wildman–Crippen LogP) is 3.62. The second-order valence-electron chi connectivity index (χ2n) is 4.76. The standard InChI is InChI=1S/C15H18N2/c1-2-6-12-17(11-5-1)15-10-9-13-7-3-4-8-14(13)16-15/h3-4,7-10H,1-2,5-6,11-12H2. The summed E-state index contributed by atoms with van der Waals surface area (Å²) in [5.41, 5.74) is 1.11. The molecule has 88 valence electrons. The van der Waals surface area contributed by atoms with Gasteiger partial charge in [-0.3, -0.25) is 0 Å². The number of pyridine rings is 1. The van der Waals surface area contributed by atoms with Gasteiger partial charge in [-0.2, -0.15) is 0 Å². The Hall–Kier alpha value is -1.57. The summed E-state index contributed by atoms with van der Waals surface area (Å²) in [5.74, 6) is 1.14. The number of hydrogen-bond acceptors (Lipinski definition) is 2. The van der Waals surface area contributed by atoms with E-state index in [2.05, 4.69) is 41.3 Å². The fourth-order valence-corrected chi connectivity index (χ4v) is 2.53. The molecule has 0 spiro atoms. The third kappa shape index (κ3) is 2.26. The highest BCUT2D eigenvalue weighted by atomic mass is 15.2. The molecule has 0 aliphatic carbocycles. The summed E-state index contributed by atoms with van der Waals surface area (Å²) in [7, 11) is 0. The summed E-state index contributed by atoms with van der Waals surface area (Å²) < 4.78 is 0. The minimum atomic E-state index is 1.11. The van der Waals surface area contributed by atoms with Gasteiger partial charge < -0.3 is 4.90 Å². The Labute approximate surface area is 102 Å². The minimum absolute atomic E-state index is 1.11. The molecule has 1 fully saturated rings. The SMILES string of the molecule is c1ccc2nc(N3CCCCCC3)ccc2c1. The lowest BCUT2D eigenvalue weighted by atomic mass is 10.2. The summed E-state index contributed by atoms with van der Waals surface area (Å²) in [4.78, 5) is 7.20. The first-order chi connectivity index (χ1) is 8.43. The topological polar surface area (TPSA) is 16.1 Å². The van der Waals surface area contributed by atoms with Crippen molar-refractivity contribution < 1.29 is 0 Å². The Morgan fingerprint density at radius 3 is 2.41 bits per heavy atom. The van der Waals surface area contributed by atoms with Crippen molar-refractivity contribution in [1.29, 1.82) is 0 Å². The maximum Gasteiger partial charge on any atom is 0.129 e. The molecule has 0 N–H and O–H groups in total. The van der Waals surface area contributed by atoms with Gasteiger partial charge in [-0.25, -0.2) is 4.98 Å². The van der Waals surface area contributed by atoms with Crippen molar-refractivity contribution in [3.8, 4) is 0 Å². The zero-order chi connectivity index (χ0) is 11.5. The van der Waals surface area contributed by atoms with Crippen LogP contribution in [-0.2, 0) is 0 Å². The van der Waals surface area contributed by atoms with Gasteiger partial charge in [0.05, 0.1) is 5.52 Å². The van der Waals surface area contributed by atoms with E-state index in [4.69, 9.17) is 4.98 Å². The molecule has 1 saturated heterocycles. The van der Waals surface area contributed by atoms with E-state index in [0.29, 0.717) is 0 Å². The number of anilines is 1. The Bertz CT molecular complexity index is 499. The van der Waals surface area contributed by atoms with Crippen molar-refractivity contribution in [1.82, 2.24) is 4.98 Å². The Balaban J connectivity index is 1.93. The molecular weight excluding hydrogens is 208 g/mol. The molecule has 17 heavy (non-hydrogen) atoms. The van der Waals surface area contributed by atoms with Crippen LogP contribution in [0.15, 0.2) is 36.4 Å². The van der Waals surface area contributed by atoms with E-state index >= 15 is 0 Å². The van der Waals surface area contributed by atoms with E-state index < -0.39 is 0 Å². The zero-order valence-electron chi connectivity index (χ0n) is 10.1. The third-order valence-corrected chi connectivity index (χ3v) is 3.51. The average molecular weight is 226 g/mol. The van der Waals surface area contributed by atoms with Crippen LogP contribution in [-0.4, -0.2) is 18.1 Å². The number of hydrogen-bond donors (Lipinski definition) is 0. The number of rotatable bonds is 1. The molecule has 1 aromatic carbocycles. The largest absolute Gasteiger partial charge is 0.357 e. The van der Waals surface area contributed by atoms with E-state index in [1.807, 2.05) is 0 Å². The molecule has 2 heterocycles. The molecule has 0 saturated carbocycles. The van der Waals surface area contributed by atoms with Gasteiger partial charge in [0, 0.05) is 18.5 Å². The van der Waals surface area contributed by atoms with E-state index in [1.54, 1.807) is 0 Å². The molecule has 0 radical (unpaired) electrons. The van der Waals surface area contributed by atoms with Crippen LogP contribution in [0.3, 0.4) is 0 Å². The fourth-order valence-electron chi connectivity index (χ4n) is 2.53. The molecule has 1 aliphatic rings. The molecule has 3 rings (SSSR count). The summed E-state index contributed by atoms with van der Waals surface area (Å²) >= 11 is 0. The van der Waals surface area contributed by atoms with Crippen LogP contribution in [0.1, 0.15) is 25.7 Å². The molecule has 0 atom stereocenters. The van der Waals surface area contributed by atoms with Gasteiger partial charge in [0.25, 0.3) is 0 Å². The first kappa shape index (κ1) is 10.6. The van der Waals surface area contributed by atoms with Crippen molar-refractivity contribution in [3.05, 3.63) is 36.4 Å². The van der Waals surface area contributed by atoms with Crippen LogP contribution < -0.4 is 4.90 Å². The molecular formula is C15H18N2. The van der Waals surface area contributed by atoms with Crippen LogP contribution in [0.25, 0.3) is 10.9 Å². The van der Waals surface area contributed by atoms with Gasteiger partial charge in [0.15, 0.2) is 0 Å². The van der Waals surface area contributed by atoms with Crippen molar-refractivity contribution >= 4 is 16.7 Å². The summed E-state index contributed by atoms with van der Waals surface area (Å²) in [6.07, 6.45) is 5.33. The highest BCUT2D eigenvalue weighted by Gasteiger charge is 2.10. The lowest BCUT2D eigenvalue weighted by Gasteiger charge is -2.21. The number of fused-ring (bicyclic) bond motifs is 1.